The standard InChI is InChI=1S/C13H10N4O/c14-11-3-1-2-10(8-11)12-16-13(18-17-12)9-4-6-15-7-5-9/h1-8H,14H2. The maximum absolute atomic E-state index is 5.72. The lowest BCUT2D eigenvalue weighted by Crippen LogP contribution is -1.86. The molecule has 0 aliphatic carbocycles. The molecule has 0 aliphatic heterocycles. The highest BCUT2D eigenvalue weighted by Crippen LogP contribution is 2.22. The molecule has 88 valence electrons. The molecule has 0 atom stereocenters. The van der Waals surface area contributed by atoms with Crippen LogP contribution in [0.25, 0.3) is 22.8 Å². The topological polar surface area (TPSA) is 77.8 Å². The summed E-state index contributed by atoms with van der Waals surface area (Å²) in [6.45, 7) is 0. The van der Waals surface area contributed by atoms with Crippen LogP contribution in [0.5, 0.6) is 0 Å². The van der Waals surface area contributed by atoms with Gasteiger partial charge in [-0.1, -0.05) is 17.3 Å². The molecule has 0 bridgehead atoms. The molecule has 0 unspecified atom stereocenters. The van der Waals surface area contributed by atoms with E-state index in [4.69, 9.17) is 10.3 Å². The van der Waals surface area contributed by atoms with Crippen LogP contribution in [0.2, 0.25) is 0 Å². The van der Waals surface area contributed by atoms with Crippen LogP contribution in [0.3, 0.4) is 0 Å². The minimum Gasteiger partial charge on any atom is -0.399 e. The summed E-state index contributed by atoms with van der Waals surface area (Å²) in [5.41, 5.74) is 8.06. The molecule has 2 heterocycles. The van der Waals surface area contributed by atoms with Crippen molar-refractivity contribution in [2.75, 3.05) is 5.73 Å². The maximum Gasteiger partial charge on any atom is 0.258 e. The number of rotatable bonds is 2. The molecule has 0 fully saturated rings. The largest absolute Gasteiger partial charge is 0.399 e. The smallest absolute Gasteiger partial charge is 0.258 e. The second kappa shape index (κ2) is 4.29. The van der Waals surface area contributed by atoms with Crippen molar-refractivity contribution in [1.82, 2.24) is 15.1 Å². The zero-order valence-corrected chi connectivity index (χ0v) is 9.45. The van der Waals surface area contributed by atoms with E-state index in [0.29, 0.717) is 17.4 Å². The van der Waals surface area contributed by atoms with Gasteiger partial charge in [0.25, 0.3) is 5.89 Å². The lowest BCUT2D eigenvalue weighted by molar-refractivity contribution is 0.432. The normalized spacial score (nSPS) is 10.4. The Hall–Kier alpha value is -2.69. The van der Waals surface area contributed by atoms with Gasteiger partial charge >= 0.3 is 0 Å². The molecule has 0 amide bonds. The van der Waals surface area contributed by atoms with Crippen LogP contribution in [0.15, 0.2) is 53.3 Å². The molecule has 2 N–H and O–H groups in total. The lowest BCUT2D eigenvalue weighted by atomic mass is 10.2. The summed E-state index contributed by atoms with van der Waals surface area (Å²) >= 11 is 0. The van der Waals surface area contributed by atoms with Crippen LogP contribution in [0.4, 0.5) is 5.69 Å². The number of hydrogen-bond acceptors (Lipinski definition) is 5. The van der Waals surface area contributed by atoms with E-state index in [-0.39, 0.29) is 0 Å². The van der Waals surface area contributed by atoms with Gasteiger partial charge in [-0.25, -0.2) is 0 Å². The molecule has 0 radical (unpaired) electrons. The van der Waals surface area contributed by atoms with Gasteiger partial charge in [-0.2, -0.15) is 4.98 Å². The minimum absolute atomic E-state index is 0.467. The summed E-state index contributed by atoms with van der Waals surface area (Å²) in [4.78, 5) is 8.27. The van der Waals surface area contributed by atoms with Gasteiger partial charge in [0.2, 0.25) is 5.82 Å². The molecule has 0 aliphatic rings. The molecule has 0 saturated carbocycles. The van der Waals surface area contributed by atoms with Crippen molar-refractivity contribution in [2.45, 2.75) is 0 Å². The Labute approximate surface area is 103 Å². The highest BCUT2D eigenvalue weighted by Gasteiger charge is 2.10. The van der Waals surface area contributed by atoms with E-state index in [1.807, 2.05) is 30.3 Å². The maximum atomic E-state index is 5.72. The molecule has 2 aromatic heterocycles. The fourth-order valence-electron chi connectivity index (χ4n) is 1.63. The molecule has 3 aromatic rings. The van der Waals surface area contributed by atoms with Gasteiger partial charge in [0.05, 0.1) is 0 Å². The van der Waals surface area contributed by atoms with Crippen molar-refractivity contribution >= 4 is 5.69 Å². The Kier molecular flexibility index (Phi) is 2.49. The van der Waals surface area contributed by atoms with Crippen molar-refractivity contribution in [3.05, 3.63) is 48.8 Å². The highest BCUT2D eigenvalue weighted by atomic mass is 16.5. The third kappa shape index (κ3) is 1.93. The number of pyridine rings is 1. The van der Waals surface area contributed by atoms with Crippen molar-refractivity contribution in [1.29, 1.82) is 0 Å². The Bertz CT molecular complexity index is 664. The van der Waals surface area contributed by atoms with E-state index >= 15 is 0 Å². The monoisotopic (exact) mass is 238 g/mol. The van der Waals surface area contributed by atoms with E-state index in [1.54, 1.807) is 18.5 Å². The minimum atomic E-state index is 0.467. The molecule has 3 rings (SSSR count). The van der Waals surface area contributed by atoms with E-state index < -0.39 is 0 Å². The highest BCUT2D eigenvalue weighted by molar-refractivity contribution is 5.63. The van der Waals surface area contributed by atoms with E-state index in [2.05, 4.69) is 15.1 Å². The van der Waals surface area contributed by atoms with Crippen molar-refractivity contribution in [2.24, 2.45) is 0 Å². The second-order valence-corrected chi connectivity index (χ2v) is 3.78. The first-order valence-corrected chi connectivity index (χ1v) is 5.43. The summed E-state index contributed by atoms with van der Waals surface area (Å²) < 4.78 is 5.22. The van der Waals surface area contributed by atoms with Gasteiger partial charge < -0.3 is 10.3 Å². The van der Waals surface area contributed by atoms with Crippen molar-refractivity contribution in [3.63, 3.8) is 0 Å². The number of nitrogen functional groups attached to an aromatic ring is 1. The van der Waals surface area contributed by atoms with Gasteiger partial charge in [0, 0.05) is 29.2 Å². The predicted octanol–water partition coefficient (Wildman–Crippen LogP) is 2.38. The number of nitrogens with two attached hydrogens (primary N) is 1. The molecular weight excluding hydrogens is 228 g/mol. The number of aromatic nitrogens is 3. The Morgan fingerprint density at radius 3 is 2.61 bits per heavy atom. The molecule has 18 heavy (non-hydrogen) atoms. The first-order valence-electron chi connectivity index (χ1n) is 5.43. The third-order valence-electron chi connectivity index (χ3n) is 2.50. The van der Waals surface area contributed by atoms with E-state index in [9.17, 15) is 0 Å². The van der Waals surface area contributed by atoms with Crippen LogP contribution in [-0.2, 0) is 0 Å². The molecule has 5 heteroatoms. The van der Waals surface area contributed by atoms with E-state index in [0.717, 1.165) is 11.1 Å². The van der Waals surface area contributed by atoms with Gasteiger partial charge in [-0.15, -0.1) is 0 Å². The van der Waals surface area contributed by atoms with Crippen LogP contribution in [0, 0.1) is 0 Å². The Balaban J connectivity index is 2.00. The average molecular weight is 238 g/mol. The summed E-state index contributed by atoms with van der Waals surface area (Å²) in [6.07, 6.45) is 3.36. The summed E-state index contributed by atoms with van der Waals surface area (Å²) in [5, 5.41) is 3.94. The third-order valence-corrected chi connectivity index (χ3v) is 2.50. The fourth-order valence-corrected chi connectivity index (χ4v) is 1.63. The van der Waals surface area contributed by atoms with Crippen molar-refractivity contribution in [3.8, 4) is 22.8 Å². The molecule has 0 saturated heterocycles. The summed E-state index contributed by atoms with van der Waals surface area (Å²) in [7, 11) is 0. The molecule has 0 spiro atoms. The van der Waals surface area contributed by atoms with Crippen LogP contribution in [0.1, 0.15) is 0 Å². The average Bonchev–Trinajstić information content (AvgIpc) is 2.89. The zero-order valence-electron chi connectivity index (χ0n) is 9.45. The van der Waals surface area contributed by atoms with Gasteiger partial charge in [-0.3, -0.25) is 4.98 Å². The first kappa shape index (κ1) is 10.5. The van der Waals surface area contributed by atoms with E-state index in [1.165, 1.54) is 0 Å². The second-order valence-electron chi connectivity index (χ2n) is 3.78. The predicted molar refractivity (Wildman–Crippen MR) is 67.4 cm³/mol. The zero-order chi connectivity index (χ0) is 12.4. The lowest BCUT2D eigenvalue weighted by Gasteiger charge is -1.95. The number of anilines is 1. The Morgan fingerprint density at radius 1 is 1.00 bits per heavy atom. The van der Waals surface area contributed by atoms with Gasteiger partial charge in [0.15, 0.2) is 0 Å². The summed E-state index contributed by atoms with van der Waals surface area (Å²) in [6, 6.07) is 11.0. The van der Waals surface area contributed by atoms with Gasteiger partial charge in [-0.05, 0) is 24.3 Å². The molecule has 5 nitrogen and oxygen atoms in total. The van der Waals surface area contributed by atoms with Crippen LogP contribution >= 0.6 is 0 Å². The van der Waals surface area contributed by atoms with Crippen molar-refractivity contribution < 1.29 is 4.52 Å². The molecule has 1 aromatic carbocycles. The number of hydrogen-bond donors (Lipinski definition) is 1. The Morgan fingerprint density at radius 2 is 1.83 bits per heavy atom. The van der Waals surface area contributed by atoms with Crippen LogP contribution < -0.4 is 5.73 Å². The summed E-state index contributed by atoms with van der Waals surface area (Å²) in [5.74, 6) is 0.990. The van der Waals surface area contributed by atoms with Crippen LogP contribution in [-0.4, -0.2) is 15.1 Å². The quantitative estimate of drug-likeness (QED) is 0.693. The number of benzene rings is 1. The fraction of sp³-hybridized carbons (Fsp3) is 0. The first-order chi connectivity index (χ1) is 8.83. The van der Waals surface area contributed by atoms with Gasteiger partial charge in [0.1, 0.15) is 0 Å². The number of nitrogens with zero attached hydrogens (tertiary/aromatic N) is 3. The SMILES string of the molecule is Nc1cccc(-c2noc(-c3ccncc3)n2)c1. The molecular formula is C13H10N4O.